The highest BCUT2D eigenvalue weighted by molar-refractivity contribution is 6.45. The SMILES string of the molecule is CCOc1cc(/C=N\NC(=O)C(=O)Nc2cccc(Cl)c2Cl)cc(Cl)c1OCC(=O)Nc1ccccc1. The summed E-state index contributed by atoms with van der Waals surface area (Å²) in [6, 6.07) is 16.6. The smallest absolute Gasteiger partial charge is 0.329 e. The number of nitrogens with one attached hydrogen (secondary N) is 3. The molecule has 0 saturated carbocycles. The number of para-hydroxylation sites is 1. The van der Waals surface area contributed by atoms with E-state index in [2.05, 4.69) is 21.2 Å². The molecule has 9 nitrogen and oxygen atoms in total. The van der Waals surface area contributed by atoms with Crippen LogP contribution in [0, 0.1) is 0 Å². The zero-order valence-electron chi connectivity index (χ0n) is 19.4. The molecule has 37 heavy (non-hydrogen) atoms. The zero-order valence-corrected chi connectivity index (χ0v) is 21.7. The molecule has 0 heterocycles. The molecule has 0 aliphatic heterocycles. The third kappa shape index (κ3) is 8.11. The summed E-state index contributed by atoms with van der Waals surface area (Å²) in [6.07, 6.45) is 1.26. The van der Waals surface area contributed by atoms with Gasteiger partial charge >= 0.3 is 11.8 Å². The monoisotopic (exact) mass is 562 g/mol. The molecular formula is C25H21Cl3N4O5. The molecule has 192 valence electrons. The van der Waals surface area contributed by atoms with Crippen LogP contribution in [0.4, 0.5) is 11.4 Å². The fourth-order valence-electron chi connectivity index (χ4n) is 2.92. The molecule has 0 spiro atoms. The topological polar surface area (TPSA) is 118 Å². The summed E-state index contributed by atoms with van der Waals surface area (Å²) in [5.74, 6) is -1.97. The van der Waals surface area contributed by atoms with E-state index in [-0.39, 0.29) is 44.8 Å². The van der Waals surface area contributed by atoms with E-state index in [1.165, 1.54) is 18.3 Å². The molecule has 0 atom stereocenters. The zero-order chi connectivity index (χ0) is 26.8. The van der Waals surface area contributed by atoms with Crippen molar-refractivity contribution in [2.45, 2.75) is 6.92 Å². The van der Waals surface area contributed by atoms with Crippen molar-refractivity contribution in [2.75, 3.05) is 23.8 Å². The van der Waals surface area contributed by atoms with Crippen LogP contribution < -0.4 is 25.5 Å². The number of rotatable bonds is 9. The minimum absolute atomic E-state index is 0.103. The van der Waals surface area contributed by atoms with Gasteiger partial charge in [-0.05, 0) is 48.9 Å². The van der Waals surface area contributed by atoms with E-state index >= 15 is 0 Å². The van der Waals surface area contributed by atoms with Gasteiger partial charge in [-0.3, -0.25) is 14.4 Å². The standard InChI is InChI=1S/C25H21Cl3N4O5/c1-2-36-20-12-15(11-18(27)23(20)37-14-21(33)30-16-7-4-3-5-8-16)13-29-32-25(35)24(34)31-19-10-6-9-17(26)22(19)28/h3-13H,2,14H2,1H3,(H,30,33)(H,31,34)(H,32,35)/b29-13-. The van der Waals surface area contributed by atoms with Crippen molar-refractivity contribution < 1.29 is 23.9 Å². The van der Waals surface area contributed by atoms with Crippen molar-refractivity contribution in [3.05, 3.63) is 81.3 Å². The van der Waals surface area contributed by atoms with Gasteiger partial charge in [0.25, 0.3) is 5.91 Å². The molecule has 3 amide bonds. The normalized spacial score (nSPS) is 10.6. The Morgan fingerprint density at radius 1 is 0.892 bits per heavy atom. The quantitative estimate of drug-likeness (QED) is 0.189. The van der Waals surface area contributed by atoms with E-state index in [1.807, 2.05) is 6.07 Å². The Morgan fingerprint density at radius 3 is 2.38 bits per heavy atom. The first-order chi connectivity index (χ1) is 17.8. The molecule has 12 heteroatoms. The molecule has 3 aromatic rings. The lowest BCUT2D eigenvalue weighted by molar-refractivity contribution is -0.136. The van der Waals surface area contributed by atoms with Crippen LogP contribution in [0.15, 0.2) is 65.8 Å². The highest BCUT2D eigenvalue weighted by Gasteiger charge is 2.16. The molecule has 0 aromatic heterocycles. The van der Waals surface area contributed by atoms with Crippen molar-refractivity contribution >= 4 is 70.1 Å². The molecule has 0 unspecified atom stereocenters. The van der Waals surface area contributed by atoms with E-state index in [9.17, 15) is 14.4 Å². The van der Waals surface area contributed by atoms with E-state index < -0.39 is 11.8 Å². The van der Waals surface area contributed by atoms with Crippen molar-refractivity contribution in [1.29, 1.82) is 0 Å². The van der Waals surface area contributed by atoms with Crippen molar-refractivity contribution in [1.82, 2.24) is 5.43 Å². The van der Waals surface area contributed by atoms with Gasteiger partial charge in [0.05, 0.1) is 33.6 Å². The van der Waals surface area contributed by atoms with Gasteiger partial charge in [0.1, 0.15) is 0 Å². The maximum Gasteiger partial charge on any atom is 0.329 e. The lowest BCUT2D eigenvalue weighted by Gasteiger charge is -2.14. The lowest BCUT2D eigenvalue weighted by atomic mass is 10.2. The Morgan fingerprint density at radius 2 is 1.65 bits per heavy atom. The summed E-state index contributed by atoms with van der Waals surface area (Å²) < 4.78 is 11.2. The summed E-state index contributed by atoms with van der Waals surface area (Å²) in [5, 5.41) is 9.31. The Labute approximate surface area is 227 Å². The maximum atomic E-state index is 12.2. The van der Waals surface area contributed by atoms with Crippen molar-refractivity contribution in [2.24, 2.45) is 5.10 Å². The molecule has 0 saturated heterocycles. The molecule has 3 rings (SSSR count). The second-order valence-corrected chi connectivity index (χ2v) is 8.41. The first kappa shape index (κ1) is 27.8. The summed E-state index contributed by atoms with van der Waals surface area (Å²) in [5.41, 5.74) is 3.36. The Kier molecular flexibility index (Phi) is 10.1. The molecule has 0 aliphatic rings. The summed E-state index contributed by atoms with van der Waals surface area (Å²) in [6.45, 7) is 1.77. The number of carbonyl (C=O) groups is 3. The Bertz CT molecular complexity index is 1320. The van der Waals surface area contributed by atoms with Crippen LogP contribution >= 0.6 is 34.8 Å². The van der Waals surface area contributed by atoms with Gasteiger partial charge in [-0.2, -0.15) is 5.10 Å². The van der Waals surface area contributed by atoms with E-state index in [0.29, 0.717) is 17.9 Å². The van der Waals surface area contributed by atoms with Crippen molar-refractivity contribution in [3.8, 4) is 11.5 Å². The van der Waals surface area contributed by atoms with Crippen LogP contribution in [0.5, 0.6) is 11.5 Å². The van der Waals surface area contributed by atoms with Crippen LogP contribution in [0.25, 0.3) is 0 Å². The second-order valence-electron chi connectivity index (χ2n) is 7.22. The highest BCUT2D eigenvalue weighted by atomic mass is 35.5. The molecule has 0 bridgehead atoms. The summed E-state index contributed by atoms with van der Waals surface area (Å²) >= 11 is 18.3. The fraction of sp³-hybridized carbons (Fsp3) is 0.120. The van der Waals surface area contributed by atoms with E-state index in [0.717, 1.165) is 0 Å². The maximum absolute atomic E-state index is 12.2. The average molecular weight is 564 g/mol. The Balaban J connectivity index is 1.62. The molecule has 3 N–H and O–H groups in total. The molecular weight excluding hydrogens is 543 g/mol. The van der Waals surface area contributed by atoms with Gasteiger partial charge in [-0.1, -0.05) is 59.1 Å². The van der Waals surface area contributed by atoms with Gasteiger partial charge in [-0.15, -0.1) is 0 Å². The van der Waals surface area contributed by atoms with Crippen LogP contribution in [-0.4, -0.2) is 37.1 Å². The number of amides is 3. The third-order valence-corrected chi connectivity index (χ3v) is 5.62. The van der Waals surface area contributed by atoms with Crippen molar-refractivity contribution in [3.63, 3.8) is 0 Å². The van der Waals surface area contributed by atoms with Gasteiger partial charge in [0.15, 0.2) is 18.1 Å². The number of nitrogens with zero attached hydrogens (tertiary/aromatic N) is 1. The molecule has 0 aliphatic carbocycles. The predicted molar refractivity (Wildman–Crippen MR) is 144 cm³/mol. The first-order valence-corrected chi connectivity index (χ1v) is 11.9. The number of benzene rings is 3. The number of hydrogen-bond acceptors (Lipinski definition) is 6. The predicted octanol–water partition coefficient (Wildman–Crippen LogP) is 5.15. The minimum Gasteiger partial charge on any atom is -0.490 e. The molecule has 3 aromatic carbocycles. The second kappa shape index (κ2) is 13.5. The van der Waals surface area contributed by atoms with Gasteiger partial charge in [0, 0.05) is 5.69 Å². The molecule has 0 radical (unpaired) electrons. The highest BCUT2D eigenvalue weighted by Crippen LogP contribution is 2.36. The van der Waals surface area contributed by atoms with Crippen LogP contribution in [0.2, 0.25) is 15.1 Å². The number of hydrogen-bond donors (Lipinski definition) is 3. The minimum atomic E-state index is -1.03. The average Bonchev–Trinajstić information content (AvgIpc) is 2.87. The number of halogens is 3. The summed E-state index contributed by atoms with van der Waals surface area (Å²) in [4.78, 5) is 36.4. The summed E-state index contributed by atoms with van der Waals surface area (Å²) in [7, 11) is 0. The van der Waals surface area contributed by atoms with Crippen LogP contribution in [0.3, 0.4) is 0 Å². The van der Waals surface area contributed by atoms with Crippen LogP contribution in [-0.2, 0) is 14.4 Å². The van der Waals surface area contributed by atoms with Gasteiger partial charge in [0.2, 0.25) is 0 Å². The fourth-order valence-corrected chi connectivity index (χ4v) is 3.54. The molecule has 0 fully saturated rings. The van der Waals surface area contributed by atoms with Gasteiger partial charge < -0.3 is 20.1 Å². The van der Waals surface area contributed by atoms with E-state index in [4.69, 9.17) is 44.3 Å². The largest absolute Gasteiger partial charge is 0.490 e. The number of carbonyl (C=O) groups excluding carboxylic acids is 3. The number of anilines is 2. The number of hydrazone groups is 1. The van der Waals surface area contributed by atoms with E-state index in [1.54, 1.807) is 49.4 Å². The first-order valence-electron chi connectivity index (χ1n) is 10.8. The Hall–Kier alpha value is -3.79. The third-order valence-electron chi connectivity index (χ3n) is 4.52. The number of ether oxygens (including phenoxy) is 2. The van der Waals surface area contributed by atoms with Gasteiger partial charge in [-0.25, -0.2) is 5.43 Å². The lowest BCUT2D eigenvalue weighted by Crippen LogP contribution is -2.32. The van der Waals surface area contributed by atoms with Crippen LogP contribution in [0.1, 0.15) is 12.5 Å².